The number of aryl methyl sites for hydroxylation is 1. The molecule has 1 heterocycles. The van der Waals surface area contributed by atoms with E-state index in [2.05, 4.69) is 52.8 Å². The molecule has 3 nitrogen and oxygen atoms in total. The van der Waals surface area contributed by atoms with Crippen LogP contribution in [0.5, 0.6) is 5.75 Å². The highest BCUT2D eigenvalue weighted by Crippen LogP contribution is 2.37. The molecule has 0 aromatic heterocycles. The molecule has 1 aliphatic heterocycles. The zero-order valence-corrected chi connectivity index (χ0v) is 13.7. The largest absolute Gasteiger partial charge is 0.494 e. The molecule has 0 radical (unpaired) electrons. The second kappa shape index (κ2) is 5.03. The first-order valence-corrected chi connectivity index (χ1v) is 7.87. The van der Waals surface area contributed by atoms with Crippen molar-refractivity contribution in [2.24, 2.45) is 5.92 Å². The van der Waals surface area contributed by atoms with Crippen molar-refractivity contribution in [3.8, 4) is 5.75 Å². The molecule has 0 unspecified atom stereocenters. The molecule has 1 aromatic rings. The Morgan fingerprint density at radius 3 is 2.33 bits per heavy atom. The number of hydrogen-bond acceptors (Lipinski definition) is 3. The van der Waals surface area contributed by atoms with Crippen LogP contribution in [0.15, 0.2) is 18.2 Å². The Balaban J connectivity index is 1.78. The normalized spacial score (nSPS) is 23.4. The van der Waals surface area contributed by atoms with Crippen LogP contribution < -0.4 is 10.2 Å². The van der Waals surface area contributed by atoms with Gasteiger partial charge in [-0.1, -0.05) is 12.1 Å². The summed E-state index contributed by atoms with van der Waals surface area (Å²) < 4.78 is 18.2. The molecule has 1 aliphatic carbocycles. The van der Waals surface area contributed by atoms with Gasteiger partial charge < -0.3 is 14.0 Å². The average Bonchev–Trinajstić information content (AvgIpc) is 3.16. The Morgan fingerprint density at radius 2 is 1.76 bits per heavy atom. The van der Waals surface area contributed by atoms with Gasteiger partial charge in [-0.2, -0.15) is 0 Å². The average molecular weight is 288 g/mol. The minimum absolute atomic E-state index is 0.308. The Morgan fingerprint density at radius 1 is 1.14 bits per heavy atom. The number of rotatable bonds is 4. The van der Waals surface area contributed by atoms with Crippen molar-refractivity contribution >= 4 is 12.6 Å². The Hall–Kier alpha value is -0.995. The summed E-state index contributed by atoms with van der Waals surface area (Å²) in [6.45, 7) is 11.2. The van der Waals surface area contributed by atoms with Crippen molar-refractivity contribution in [3.05, 3.63) is 23.8 Å². The van der Waals surface area contributed by atoms with E-state index >= 15 is 0 Å². The molecule has 0 atom stereocenters. The summed E-state index contributed by atoms with van der Waals surface area (Å²) >= 11 is 0. The zero-order chi connectivity index (χ0) is 15.3. The van der Waals surface area contributed by atoms with E-state index in [1.54, 1.807) is 0 Å². The fourth-order valence-corrected chi connectivity index (χ4v) is 2.39. The van der Waals surface area contributed by atoms with Gasteiger partial charge in [-0.25, -0.2) is 0 Å². The fraction of sp³-hybridized carbons (Fsp3) is 0.647. The highest BCUT2D eigenvalue weighted by molar-refractivity contribution is 6.62. The van der Waals surface area contributed by atoms with Crippen LogP contribution in [0.25, 0.3) is 0 Å². The lowest BCUT2D eigenvalue weighted by Gasteiger charge is -2.32. The van der Waals surface area contributed by atoms with Crippen molar-refractivity contribution in [1.82, 2.24) is 0 Å². The number of ether oxygens (including phenoxy) is 1. The molecule has 114 valence electrons. The molecule has 0 bridgehead atoms. The smallest absolute Gasteiger partial charge is 0.493 e. The molecular formula is C17H25BO3. The lowest BCUT2D eigenvalue weighted by molar-refractivity contribution is 0.00578. The summed E-state index contributed by atoms with van der Waals surface area (Å²) in [5.74, 6) is 1.71. The van der Waals surface area contributed by atoms with Crippen molar-refractivity contribution in [3.63, 3.8) is 0 Å². The molecule has 2 aliphatic rings. The predicted molar refractivity (Wildman–Crippen MR) is 85.1 cm³/mol. The van der Waals surface area contributed by atoms with Gasteiger partial charge in [0.2, 0.25) is 0 Å². The van der Waals surface area contributed by atoms with E-state index in [1.807, 2.05) is 0 Å². The molecule has 21 heavy (non-hydrogen) atoms. The monoisotopic (exact) mass is 288 g/mol. The number of hydrogen-bond donors (Lipinski definition) is 0. The van der Waals surface area contributed by atoms with E-state index in [-0.39, 0.29) is 18.3 Å². The first-order chi connectivity index (χ1) is 9.78. The van der Waals surface area contributed by atoms with Gasteiger partial charge in [0.25, 0.3) is 0 Å². The van der Waals surface area contributed by atoms with Gasteiger partial charge in [-0.15, -0.1) is 0 Å². The lowest BCUT2D eigenvalue weighted by atomic mass is 9.78. The van der Waals surface area contributed by atoms with Gasteiger partial charge in [0.1, 0.15) is 5.75 Å². The standard InChI is InChI=1S/C17H25BO3/c1-12-6-9-14(10-15(12)19-11-13-7-8-13)18-20-16(2,3)17(4,5)21-18/h6,9-10,13H,7-8,11H2,1-5H3. The molecule has 1 saturated heterocycles. The Kier molecular flexibility index (Phi) is 3.57. The third-order valence-corrected chi connectivity index (χ3v) is 4.91. The molecule has 0 amide bonds. The Labute approximate surface area is 128 Å². The third kappa shape index (κ3) is 2.97. The van der Waals surface area contributed by atoms with E-state index in [4.69, 9.17) is 14.0 Å². The summed E-state index contributed by atoms with van der Waals surface area (Å²) in [6, 6.07) is 6.23. The van der Waals surface area contributed by atoms with Crippen molar-refractivity contribution in [1.29, 1.82) is 0 Å². The molecule has 3 rings (SSSR count). The first kappa shape index (κ1) is 14.9. The van der Waals surface area contributed by atoms with Crippen molar-refractivity contribution < 1.29 is 14.0 Å². The molecule has 1 aromatic carbocycles. The van der Waals surface area contributed by atoms with Crippen LogP contribution in [-0.4, -0.2) is 24.9 Å². The van der Waals surface area contributed by atoms with Gasteiger partial charge in [-0.3, -0.25) is 0 Å². The van der Waals surface area contributed by atoms with Crippen LogP contribution >= 0.6 is 0 Å². The number of benzene rings is 1. The van der Waals surface area contributed by atoms with E-state index in [9.17, 15) is 0 Å². The second-order valence-electron chi connectivity index (χ2n) is 7.37. The highest BCUT2D eigenvalue weighted by atomic mass is 16.7. The summed E-state index contributed by atoms with van der Waals surface area (Å²) in [5, 5.41) is 0. The fourth-order valence-electron chi connectivity index (χ4n) is 2.39. The maximum atomic E-state index is 6.11. The summed E-state index contributed by atoms with van der Waals surface area (Å²) in [4.78, 5) is 0. The minimum atomic E-state index is -0.320. The van der Waals surface area contributed by atoms with E-state index in [0.717, 1.165) is 29.3 Å². The van der Waals surface area contributed by atoms with Gasteiger partial charge in [-0.05, 0) is 70.5 Å². The molecule has 0 N–H and O–H groups in total. The summed E-state index contributed by atoms with van der Waals surface area (Å²) in [7, 11) is -0.320. The molecule has 1 saturated carbocycles. The second-order valence-corrected chi connectivity index (χ2v) is 7.37. The molecule has 2 fully saturated rings. The highest BCUT2D eigenvalue weighted by Gasteiger charge is 2.51. The van der Waals surface area contributed by atoms with Crippen LogP contribution in [-0.2, 0) is 9.31 Å². The topological polar surface area (TPSA) is 27.7 Å². The first-order valence-electron chi connectivity index (χ1n) is 7.87. The lowest BCUT2D eigenvalue weighted by Crippen LogP contribution is -2.41. The van der Waals surface area contributed by atoms with E-state index in [0.29, 0.717) is 0 Å². The summed E-state index contributed by atoms with van der Waals surface area (Å²) in [6.07, 6.45) is 2.60. The zero-order valence-electron chi connectivity index (χ0n) is 13.7. The maximum Gasteiger partial charge on any atom is 0.494 e. The molecule has 0 spiro atoms. The molecule has 4 heteroatoms. The van der Waals surface area contributed by atoms with Crippen LogP contribution in [0.1, 0.15) is 46.1 Å². The minimum Gasteiger partial charge on any atom is -0.493 e. The quantitative estimate of drug-likeness (QED) is 0.797. The van der Waals surface area contributed by atoms with Crippen molar-refractivity contribution in [2.75, 3.05) is 6.61 Å². The molecular weight excluding hydrogens is 263 g/mol. The maximum absolute atomic E-state index is 6.11. The van der Waals surface area contributed by atoms with Gasteiger partial charge in [0.05, 0.1) is 17.8 Å². The predicted octanol–water partition coefficient (Wildman–Crippen LogP) is 3.08. The van der Waals surface area contributed by atoms with Crippen LogP contribution in [0.4, 0.5) is 0 Å². The van der Waals surface area contributed by atoms with Crippen LogP contribution in [0.2, 0.25) is 0 Å². The van der Waals surface area contributed by atoms with Gasteiger partial charge >= 0.3 is 7.12 Å². The third-order valence-electron chi connectivity index (χ3n) is 4.91. The van der Waals surface area contributed by atoms with E-state index in [1.165, 1.54) is 12.8 Å². The van der Waals surface area contributed by atoms with Gasteiger partial charge in [0.15, 0.2) is 0 Å². The SMILES string of the molecule is Cc1ccc(B2OC(C)(C)C(C)(C)O2)cc1OCC1CC1. The summed E-state index contributed by atoms with van der Waals surface area (Å²) in [5.41, 5.74) is 1.58. The van der Waals surface area contributed by atoms with E-state index < -0.39 is 0 Å². The van der Waals surface area contributed by atoms with Crippen LogP contribution in [0.3, 0.4) is 0 Å². The van der Waals surface area contributed by atoms with Gasteiger partial charge in [0, 0.05) is 0 Å². The Bertz CT molecular complexity index is 519. The van der Waals surface area contributed by atoms with Crippen molar-refractivity contribution in [2.45, 2.75) is 58.7 Å². The van der Waals surface area contributed by atoms with Crippen LogP contribution in [0, 0.1) is 12.8 Å².